The molecule has 10 heteroatoms. The first-order valence-corrected chi connectivity index (χ1v) is 7.45. The topological polar surface area (TPSA) is 150 Å². The normalized spacial score (nSPS) is 10.8. The molecule has 1 amide bonds. The highest BCUT2D eigenvalue weighted by atomic mass is 16.5. The van der Waals surface area contributed by atoms with Crippen LogP contribution in [0.2, 0.25) is 0 Å². The van der Waals surface area contributed by atoms with Crippen LogP contribution in [0.3, 0.4) is 0 Å². The number of phenols is 1. The summed E-state index contributed by atoms with van der Waals surface area (Å²) in [5.41, 5.74) is 1.66. The van der Waals surface area contributed by atoms with Gasteiger partial charge in [-0.25, -0.2) is 15.3 Å². The number of nitrogens with one attached hydrogen (secondary N) is 3. The van der Waals surface area contributed by atoms with Crippen LogP contribution in [0, 0.1) is 0 Å². The van der Waals surface area contributed by atoms with Gasteiger partial charge in [-0.3, -0.25) is 14.6 Å². The van der Waals surface area contributed by atoms with Gasteiger partial charge < -0.3 is 9.84 Å². The second kappa shape index (κ2) is 8.43. The van der Waals surface area contributed by atoms with E-state index in [0.29, 0.717) is 17.9 Å². The number of hydrazone groups is 1. The lowest BCUT2D eigenvalue weighted by molar-refractivity contribution is -0.121. The van der Waals surface area contributed by atoms with Gasteiger partial charge in [0.25, 0.3) is 5.56 Å². The average molecular weight is 347 g/mol. The fourth-order valence-electron chi connectivity index (χ4n) is 1.89. The van der Waals surface area contributed by atoms with Gasteiger partial charge in [0.1, 0.15) is 5.69 Å². The van der Waals surface area contributed by atoms with Gasteiger partial charge in [0.05, 0.1) is 12.8 Å². The van der Waals surface area contributed by atoms with Crippen molar-refractivity contribution in [3.05, 3.63) is 50.3 Å². The summed E-state index contributed by atoms with van der Waals surface area (Å²) in [5.74, 6) is -0.0877. The van der Waals surface area contributed by atoms with Crippen molar-refractivity contribution in [1.82, 2.24) is 20.6 Å². The first-order chi connectivity index (χ1) is 12.0. The van der Waals surface area contributed by atoms with Gasteiger partial charge in [-0.05, 0) is 30.7 Å². The van der Waals surface area contributed by atoms with Gasteiger partial charge in [-0.1, -0.05) is 0 Å². The summed E-state index contributed by atoms with van der Waals surface area (Å²) in [4.78, 5) is 36.0. The van der Waals surface area contributed by atoms with Gasteiger partial charge >= 0.3 is 5.69 Å². The highest BCUT2D eigenvalue weighted by molar-refractivity contribution is 5.83. The van der Waals surface area contributed by atoms with E-state index >= 15 is 0 Å². The number of phenolic OH excluding ortho intramolecular Hbond substituents is 1. The fourth-order valence-corrected chi connectivity index (χ4v) is 1.89. The number of ether oxygens (including phenoxy) is 1. The highest BCUT2D eigenvalue weighted by Gasteiger charge is 2.06. The average Bonchev–Trinajstić information content (AvgIpc) is 2.57. The number of hydrogen-bond donors (Lipinski definition) is 4. The number of aromatic hydroxyl groups is 1. The third-order valence-electron chi connectivity index (χ3n) is 3.06. The first-order valence-electron chi connectivity index (χ1n) is 7.45. The monoisotopic (exact) mass is 347 g/mol. The molecule has 132 valence electrons. The maximum atomic E-state index is 11.7. The molecule has 0 aliphatic carbocycles. The molecule has 1 heterocycles. The minimum Gasteiger partial charge on any atom is -0.504 e. The van der Waals surface area contributed by atoms with Crippen molar-refractivity contribution in [3.8, 4) is 11.5 Å². The number of benzene rings is 1. The highest BCUT2D eigenvalue weighted by Crippen LogP contribution is 2.26. The zero-order chi connectivity index (χ0) is 18.2. The first kappa shape index (κ1) is 17.9. The summed E-state index contributed by atoms with van der Waals surface area (Å²) in [6, 6.07) is 4.65. The quantitative estimate of drug-likeness (QED) is 0.397. The maximum absolute atomic E-state index is 11.7. The Morgan fingerprint density at radius 1 is 1.44 bits per heavy atom. The van der Waals surface area contributed by atoms with E-state index in [1.165, 1.54) is 12.3 Å². The Kier molecular flexibility index (Phi) is 6.04. The number of carbonyl (C=O) groups is 1. The SMILES string of the molecule is CCOc1cc(/C=N\NC(=O)CCc2n[nH]c(=O)[nH]c2=O)ccc1O. The molecule has 0 atom stereocenters. The summed E-state index contributed by atoms with van der Waals surface area (Å²) >= 11 is 0. The molecule has 10 nitrogen and oxygen atoms in total. The molecule has 1 aromatic heterocycles. The second-order valence-electron chi connectivity index (χ2n) is 4.91. The molecule has 4 N–H and O–H groups in total. The minimum absolute atomic E-state index is 0.0154. The van der Waals surface area contributed by atoms with Crippen LogP contribution in [0.4, 0.5) is 0 Å². The predicted molar refractivity (Wildman–Crippen MR) is 88.8 cm³/mol. The molecular weight excluding hydrogens is 330 g/mol. The van der Waals surface area contributed by atoms with Gasteiger partial charge in [0.15, 0.2) is 11.5 Å². The maximum Gasteiger partial charge on any atom is 0.342 e. The van der Waals surface area contributed by atoms with E-state index < -0.39 is 17.2 Å². The van der Waals surface area contributed by atoms with E-state index in [4.69, 9.17) is 4.74 Å². The van der Waals surface area contributed by atoms with E-state index in [1.54, 1.807) is 19.1 Å². The number of nitrogens with zero attached hydrogens (tertiary/aromatic N) is 2. The molecule has 0 radical (unpaired) electrons. The number of H-pyrrole nitrogens is 2. The van der Waals surface area contributed by atoms with Crippen LogP contribution in [0.25, 0.3) is 0 Å². The van der Waals surface area contributed by atoms with E-state index in [2.05, 4.69) is 20.7 Å². The predicted octanol–water partition coefficient (Wildman–Crippen LogP) is -0.355. The standard InChI is InChI=1S/C15H17N5O5/c1-2-25-12-7-9(3-5-11(12)21)8-16-19-13(22)6-4-10-14(23)17-15(24)20-18-10/h3,5,7-8,21H,2,4,6H2,1H3,(H,19,22)(H2,17,20,23,24)/b16-8-. The number of aromatic nitrogens is 3. The van der Waals surface area contributed by atoms with Crippen molar-refractivity contribution in [2.75, 3.05) is 6.61 Å². The zero-order valence-electron chi connectivity index (χ0n) is 13.4. The molecule has 0 bridgehead atoms. The van der Waals surface area contributed by atoms with Crippen LogP contribution >= 0.6 is 0 Å². The lowest BCUT2D eigenvalue weighted by atomic mass is 10.2. The Morgan fingerprint density at radius 3 is 2.96 bits per heavy atom. The molecule has 0 spiro atoms. The van der Waals surface area contributed by atoms with Crippen molar-refractivity contribution in [1.29, 1.82) is 0 Å². The summed E-state index contributed by atoms with van der Waals surface area (Å²) in [5, 5.41) is 19.1. The number of carbonyl (C=O) groups excluding carboxylic acids is 1. The number of aryl methyl sites for hydroxylation is 1. The summed E-state index contributed by atoms with van der Waals surface area (Å²) in [7, 11) is 0. The van der Waals surface area contributed by atoms with Crippen molar-refractivity contribution >= 4 is 12.1 Å². The summed E-state index contributed by atoms with van der Waals surface area (Å²) < 4.78 is 5.25. The number of rotatable bonds is 7. The molecule has 0 saturated carbocycles. The molecule has 0 aliphatic heterocycles. The van der Waals surface area contributed by atoms with Crippen molar-refractivity contribution < 1.29 is 14.6 Å². The van der Waals surface area contributed by atoms with Crippen LogP contribution in [0.5, 0.6) is 11.5 Å². The van der Waals surface area contributed by atoms with Gasteiger partial charge in [0.2, 0.25) is 5.91 Å². The molecule has 25 heavy (non-hydrogen) atoms. The van der Waals surface area contributed by atoms with E-state index in [0.717, 1.165) is 0 Å². The smallest absolute Gasteiger partial charge is 0.342 e. The largest absolute Gasteiger partial charge is 0.504 e. The second-order valence-corrected chi connectivity index (χ2v) is 4.91. The molecule has 2 aromatic rings. The number of hydrogen-bond acceptors (Lipinski definition) is 7. The number of amides is 1. The van der Waals surface area contributed by atoms with Crippen LogP contribution < -0.4 is 21.4 Å². The Bertz CT molecular complexity index is 886. The Hall–Kier alpha value is -3.43. The Morgan fingerprint density at radius 2 is 2.24 bits per heavy atom. The molecule has 1 aromatic carbocycles. The Balaban J connectivity index is 1.89. The Labute approximate surface area is 141 Å². The molecule has 2 rings (SSSR count). The van der Waals surface area contributed by atoms with E-state index in [1.807, 2.05) is 4.98 Å². The van der Waals surface area contributed by atoms with E-state index in [-0.39, 0.29) is 24.3 Å². The summed E-state index contributed by atoms with van der Waals surface area (Å²) in [6.45, 7) is 2.20. The van der Waals surface area contributed by atoms with Crippen LogP contribution in [-0.4, -0.2) is 39.0 Å². The molecule has 0 unspecified atom stereocenters. The van der Waals surface area contributed by atoms with Gasteiger partial charge in [-0.2, -0.15) is 10.2 Å². The van der Waals surface area contributed by atoms with Crippen molar-refractivity contribution in [2.45, 2.75) is 19.8 Å². The lowest BCUT2D eigenvalue weighted by Crippen LogP contribution is -2.28. The van der Waals surface area contributed by atoms with Gasteiger partial charge in [0, 0.05) is 12.8 Å². The zero-order valence-corrected chi connectivity index (χ0v) is 13.4. The summed E-state index contributed by atoms with van der Waals surface area (Å²) in [6.07, 6.45) is 1.42. The fraction of sp³-hybridized carbons (Fsp3) is 0.267. The van der Waals surface area contributed by atoms with Gasteiger partial charge in [-0.15, -0.1) is 0 Å². The number of aromatic amines is 2. The minimum atomic E-state index is -0.705. The van der Waals surface area contributed by atoms with E-state index in [9.17, 15) is 19.5 Å². The molecule has 0 aliphatic rings. The van der Waals surface area contributed by atoms with Crippen LogP contribution in [0.15, 0.2) is 32.9 Å². The third-order valence-corrected chi connectivity index (χ3v) is 3.06. The van der Waals surface area contributed by atoms with Crippen molar-refractivity contribution in [2.24, 2.45) is 5.10 Å². The molecule has 0 saturated heterocycles. The lowest BCUT2D eigenvalue weighted by Gasteiger charge is -2.06. The molecule has 0 fully saturated rings. The van der Waals surface area contributed by atoms with Crippen LogP contribution in [0.1, 0.15) is 24.6 Å². The molecular formula is C15H17N5O5. The van der Waals surface area contributed by atoms with Crippen molar-refractivity contribution in [3.63, 3.8) is 0 Å². The van der Waals surface area contributed by atoms with Crippen LogP contribution in [-0.2, 0) is 11.2 Å². The third kappa shape index (κ3) is 5.30.